The van der Waals surface area contributed by atoms with Gasteiger partial charge in [-0.3, -0.25) is 14.4 Å². The average Bonchev–Trinajstić information content (AvgIpc) is 3.10. The second kappa shape index (κ2) is 35.9. The molecule has 288 valence electrons. The molecular weight excluding hydrogens is 632 g/mol. The number of aliphatic hydroxyl groups excluding tert-OH is 1. The Balaban J connectivity index is 4.27. The Morgan fingerprint density at radius 2 is 1.12 bits per heavy atom. The summed E-state index contributed by atoms with van der Waals surface area (Å²) in [5, 5.41) is 22.5. The van der Waals surface area contributed by atoms with Crippen molar-refractivity contribution in [3.8, 4) is 0 Å². The second-order valence-corrected chi connectivity index (χ2v) is 13.3. The van der Waals surface area contributed by atoms with E-state index in [2.05, 4.69) is 54.9 Å². The van der Waals surface area contributed by atoms with Gasteiger partial charge in [0.05, 0.1) is 13.2 Å². The van der Waals surface area contributed by atoms with Gasteiger partial charge in [0, 0.05) is 12.8 Å². The van der Waals surface area contributed by atoms with E-state index in [0.717, 1.165) is 70.6 Å². The molecule has 0 aromatic heterocycles. The number of hydrogen-bond acceptors (Lipinski definition) is 6. The third-order valence-corrected chi connectivity index (χ3v) is 8.64. The van der Waals surface area contributed by atoms with Crippen LogP contribution in [0.15, 0.2) is 36.5 Å². The number of carbonyl (C=O) groups excluding carboxylic acids is 3. The number of hydrogen-bond donors (Lipinski definition) is 4. The van der Waals surface area contributed by atoms with Gasteiger partial charge in [-0.05, 0) is 51.0 Å². The van der Waals surface area contributed by atoms with E-state index in [1.165, 1.54) is 70.6 Å². The van der Waals surface area contributed by atoms with Crippen molar-refractivity contribution in [3.63, 3.8) is 0 Å². The molecule has 0 heterocycles. The summed E-state index contributed by atoms with van der Waals surface area (Å²) in [6.45, 7) is 3.35. The SMILES string of the molecule is CC/C=C\C/C=C\C/C=C\C(CCCCCCCCC(=O)NCC(=O)NC(CO)C(=O)O)OC(=O)CCCCCCCCCCCCCCC. The summed E-state index contributed by atoms with van der Waals surface area (Å²) in [5.74, 6) is -2.36. The molecule has 2 atom stereocenters. The monoisotopic (exact) mass is 705 g/mol. The fraction of sp³-hybridized carbons (Fsp3) is 0.756. The molecule has 0 bridgehead atoms. The second-order valence-electron chi connectivity index (χ2n) is 13.3. The molecule has 2 unspecified atom stereocenters. The minimum atomic E-state index is -1.38. The molecule has 0 aliphatic heterocycles. The van der Waals surface area contributed by atoms with Crippen molar-refractivity contribution in [2.75, 3.05) is 13.2 Å². The molecule has 0 saturated heterocycles. The van der Waals surface area contributed by atoms with Crippen LogP contribution in [0.4, 0.5) is 0 Å². The maximum atomic E-state index is 12.7. The minimum absolute atomic E-state index is 0.103. The highest BCUT2D eigenvalue weighted by Gasteiger charge is 2.18. The molecule has 0 aliphatic carbocycles. The molecule has 0 rings (SSSR count). The van der Waals surface area contributed by atoms with Crippen LogP contribution in [0.25, 0.3) is 0 Å². The summed E-state index contributed by atoms with van der Waals surface area (Å²) in [7, 11) is 0. The molecule has 0 fully saturated rings. The summed E-state index contributed by atoms with van der Waals surface area (Å²) < 4.78 is 5.89. The first-order valence-corrected chi connectivity index (χ1v) is 19.9. The predicted molar refractivity (Wildman–Crippen MR) is 204 cm³/mol. The molecule has 9 nitrogen and oxygen atoms in total. The van der Waals surface area contributed by atoms with Crippen LogP contribution in [0.5, 0.6) is 0 Å². The van der Waals surface area contributed by atoms with Gasteiger partial charge in [0.1, 0.15) is 12.1 Å². The molecular formula is C41H72N2O7. The summed E-state index contributed by atoms with van der Waals surface area (Å²) >= 11 is 0. The topological polar surface area (TPSA) is 142 Å². The van der Waals surface area contributed by atoms with Gasteiger partial charge in [-0.1, -0.05) is 147 Å². The Bertz CT molecular complexity index is 947. The molecule has 0 radical (unpaired) electrons. The maximum Gasteiger partial charge on any atom is 0.328 e. The number of carbonyl (C=O) groups is 4. The lowest BCUT2D eigenvalue weighted by atomic mass is 10.0. The molecule has 0 aliphatic rings. The average molecular weight is 705 g/mol. The fourth-order valence-corrected chi connectivity index (χ4v) is 5.59. The fourth-order valence-electron chi connectivity index (χ4n) is 5.59. The Kier molecular flexibility index (Phi) is 33.8. The van der Waals surface area contributed by atoms with Crippen LogP contribution >= 0.6 is 0 Å². The minimum Gasteiger partial charge on any atom is -0.480 e. The van der Waals surface area contributed by atoms with E-state index in [0.29, 0.717) is 19.3 Å². The Hall–Kier alpha value is -2.94. The van der Waals surface area contributed by atoms with E-state index in [9.17, 15) is 19.2 Å². The highest BCUT2D eigenvalue weighted by atomic mass is 16.5. The number of aliphatic hydroxyl groups is 1. The van der Waals surface area contributed by atoms with Gasteiger partial charge in [-0.25, -0.2) is 4.79 Å². The Labute approximate surface area is 304 Å². The van der Waals surface area contributed by atoms with E-state index in [1.807, 2.05) is 6.08 Å². The number of carboxylic acids is 1. The summed E-state index contributed by atoms with van der Waals surface area (Å²) in [6, 6.07) is -1.38. The third-order valence-electron chi connectivity index (χ3n) is 8.64. The van der Waals surface area contributed by atoms with Gasteiger partial charge in [-0.2, -0.15) is 0 Å². The number of carboxylic acid groups (broad SMARTS) is 1. The predicted octanol–water partition coefficient (Wildman–Crippen LogP) is 9.04. The zero-order chi connectivity index (χ0) is 36.9. The van der Waals surface area contributed by atoms with Crippen molar-refractivity contribution in [1.82, 2.24) is 10.6 Å². The molecule has 0 spiro atoms. The van der Waals surface area contributed by atoms with Crippen molar-refractivity contribution < 1.29 is 34.1 Å². The molecule has 50 heavy (non-hydrogen) atoms. The van der Waals surface area contributed by atoms with Crippen LogP contribution in [0.2, 0.25) is 0 Å². The first-order chi connectivity index (χ1) is 24.3. The smallest absolute Gasteiger partial charge is 0.328 e. The number of aliphatic carboxylic acids is 1. The lowest BCUT2D eigenvalue weighted by molar-refractivity contribution is -0.147. The first kappa shape index (κ1) is 47.1. The number of nitrogens with one attached hydrogen (secondary N) is 2. The third kappa shape index (κ3) is 32.3. The quantitative estimate of drug-likeness (QED) is 0.0293. The lowest BCUT2D eigenvalue weighted by Crippen LogP contribution is -2.47. The van der Waals surface area contributed by atoms with Gasteiger partial charge in [-0.15, -0.1) is 0 Å². The zero-order valence-electron chi connectivity index (χ0n) is 31.6. The number of esters is 1. The van der Waals surface area contributed by atoms with E-state index >= 15 is 0 Å². The molecule has 0 aromatic rings. The van der Waals surface area contributed by atoms with Crippen LogP contribution in [0.3, 0.4) is 0 Å². The van der Waals surface area contributed by atoms with Crippen molar-refractivity contribution in [3.05, 3.63) is 36.5 Å². The molecule has 0 aromatic carbocycles. The highest BCUT2D eigenvalue weighted by molar-refractivity contribution is 5.87. The van der Waals surface area contributed by atoms with Crippen LogP contribution < -0.4 is 10.6 Å². The Morgan fingerprint density at radius 3 is 1.66 bits per heavy atom. The molecule has 9 heteroatoms. The van der Waals surface area contributed by atoms with Crippen molar-refractivity contribution in [2.24, 2.45) is 0 Å². The summed E-state index contributed by atoms with van der Waals surface area (Å²) in [6.07, 6.45) is 39.1. The maximum absolute atomic E-state index is 12.7. The van der Waals surface area contributed by atoms with E-state index in [1.54, 1.807) is 0 Å². The number of allylic oxidation sites excluding steroid dienone is 5. The van der Waals surface area contributed by atoms with E-state index < -0.39 is 24.5 Å². The number of unbranched alkanes of at least 4 members (excludes halogenated alkanes) is 17. The largest absolute Gasteiger partial charge is 0.480 e. The van der Waals surface area contributed by atoms with Crippen molar-refractivity contribution in [1.29, 1.82) is 0 Å². The van der Waals surface area contributed by atoms with Crippen molar-refractivity contribution >= 4 is 23.8 Å². The summed E-state index contributed by atoms with van der Waals surface area (Å²) in [5.41, 5.74) is 0. The number of amides is 2. The first-order valence-electron chi connectivity index (χ1n) is 19.9. The molecule has 0 saturated carbocycles. The van der Waals surface area contributed by atoms with Gasteiger partial charge < -0.3 is 25.6 Å². The molecule has 4 N–H and O–H groups in total. The van der Waals surface area contributed by atoms with Crippen LogP contribution in [0, 0.1) is 0 Å². The number of ether oxygens (including phenoxy) is 1. The van der Waals surface area contributed by atoms with Crippen LogP contribution in [0.1, 0.15) is 174 Å². The van der Waals surface area contributed by atoms with Gasteiger partial charge in [0.15, 0.2) is 0 Å². The zero-order valence-corrected chi connectivity index (χ0v) is 31.6. The summed E-state index contributed by atoms with van der Waals surface area (Å²) in [4.78, 5) is 47.3. The standard InChI is InChI=1S/C41H72N2O7/c1-3-5-7-9-11-13-14-15-16-17-19-25-29-33-40(47)50-36(30-26-22-18-12-10-8-6-4-2)31-27-23-20-21-24-28-32-38(45)42-34-39(46)43-37(35-44)41(48)49/h6,8,12,18,26,30,36-37,44H,3-5,7,9-11,13-17,19-25,27-29,31-35H2,1-2H3,(H,42,45)(H,43,46)(H,48,49)/b8-6-,18-12-,30-26-. The van der Waals surface area contributed by atoms with Gasteiger partial charge in [0.25, 0.3) is 0 Å². The highest BCUT2D eigenvalue weighted by Crippen LogP contribution is 2.16. The lowest BCUT2D eigenvalue weighted by Gasteiger charge is -2.15. The van der Waals surface area contributed by atoms with Gasteiger partial charge in [0.2, 0.25) is 11.8 Å². The van der Waals surface area contributed by atoms with Crippen LogP contribution in [-0.2, 0) is 23.9 Å². The normalized spacial score (nSPS) is 12.9. The van der Waals surface area contributed by atoms with Crippen LogP contribution in [-0.4, -0.2) is 59.3 Å². The van der Waals surface area contributed by atoms with Gasteiger partial charge >= 0.3 is 11.9 Å². The Morgan fingerprint density at radius 1 is 0.620 bits per heavy atom. The van der Waals surface area contributed by atoms with E-state index in [4.69, 9.17) is 14.9 Å². The van der Waals surface area contributed by atoms with E-state index in [-0.39, 0.29) is 24.5 Å². The van der Waals surface area contributed by atoms with Crippen molar-refractivity contribution in [2.45, 2.75) is 187 Å². The number of rotatable bonds is 35. The molecule has 2 amide bonds.